The summed E-state index contributed by atoms with van der Waals surface area (Å²) in [5, 5.41) is 6.33. The van der Waals surface area contributed by atoms with Crippen LogP contribution < -0.4 is 10.6 Å². The summed E-state index contributed by atoms with van der Waals surface area (Å²) < 4.78 is 68.0. The minimum atomic E-state index is -4.66. The van der Waals surface area contributed by atoms with Crippen LogP contribution in [0.2, 0.25) is 0 Å². The monoisotopic (exact) mass is 620 g/mol. The van der Waals surface area contributed by atoms with Crippen LogP contribution in [0, 0.1) is 5.92 Å². The fourth-order valence-corrected chi connectivity index (χ4v) is 8.77. The van der Waals surface area contributed by atoms with Gasteiger partial charge in [-0.25, -0.2) is 8.42 Å². The van der Waals surface area contributed by atoms with Crippen molar-refractivity contribution in [2.75, 3.05) is 39.3 Å². The van der Waals surface area contributed by atoms with E-state index in [9.17, 15) is 26.4 Å². The second-order valence-corrected chi connectivity index (χ2v) is 14.3. The molecule has 0 radical (unpaired) electrons. The predicted molar refractivity (Wildman–Crippen MR) is 161 cm³/mol. The van der Waals surface area contributed by atoms with Gasteiger partial charge in [0, 0.05) is 38.6 Å². The quantitative estimate of drug-likeness (QED) is 0.426. The van der Waals surface area contributed by atoms with Gasteiger partial charge in [-0.3, -0.25) is 9.69 Å². The Hall–Kier alpha value is -2.47. The van der Waals surface area contributed by atoms with Crippen molar-refractivity contribution in [2.45, 2.75) is 81.4 Å². The first-order chi connectivity index (χ1) is 20.4. The van der Waals surface area contributed by atoms with Gasteiger partial charge in [-0.05, 0) is 98.0 Å². The van der Waals surface area contributed by atoms with Crippen molar-refractivity contribution in [1.82, 2.24) is 19.8 Å². The molecular weight excluding hydrogens is 577 g/mol. The maximum atomic E-state index is 13.5. The van der Waals surface area contributed by atoms with Crippen LogP contribution in [-0.4, -0.2) is 74.9 Å². The molecule has 11 heteroatoms. The molecule has 1 aromatic rings. The second-order valence-electron chi connectivity index (χ2n) is 12.4. The third-order valence-electron chi connectivity index (χ3n) is 9.23. The van der Waals surface area contributed by atoms with E-state index in [4.69, 9.17) is 0 Å². The van der Waals surface area contributed by atoms with Gasteiger partial charge in [0.15, 0.2) is 0 Å². The summed E-state index contributed by atoms with van der Waals surface area (Å²) in [6.45, 7) is 10.4. The number of nitrogens with one attached hydrogen (secondary N) is 2. The normalized spacial score (nSPS) is 26.0. The van der Waals surface area contributed by atoms with Crippen LogP contribution in [0.25, 0.3) is 0 Å². The molecule has 3 atom stereocenters. The summed E-state index contributed by atoms with van der Waals surface area (Å²) in [6, 6.07) is 2.96. The second kappa shape index (κ2) is 13.3. The van der Waals surface area contributed by atoms with Crippen LogP contribution in [0.5, 0.6) is 0 Å². The molecule has 2 heterocycles. The number of sulfonamides is 1. The zero-order valence-electron chi connectivity index (χ0n) is 24.9. The van der Waals surface area contributed by atoms with Gasteiger partial charge in [-0.15, -0.1) is 0 Å². The van der Waals surface area contributed by atoms with Crippen molar-refractivity contribution < 1.29 is 26.4 Å². The molecule has 2 saturated heterocycles. The molecule has 3 unspecified atom stereocenters. The Balaban J connectivity index is 1.27. The first-order valence-electron chi connectivity index (χ1n) is 15.5. The van der Waals surface area contributed by atoms with Crippen molar-refractivity contribution in [1.29, 1.82) is 0 Å². The Bertz CT molecular complexity index is 1380. The number of likely N-dealkylation sites (tertiary alicyclic amines) is 1. The topological polar surface area (TPSA) is 81.8 Å². The van der Waals surface area contributed by atoms with E-state index in [0.717, 1.165) is 57.5 Å². The van der Waals surface area contributed by atoms with Gasteiger partial charge in [-0.1, -0.05) is 32.1 Å². The van der Waals surface area contributed by atoms with Gasteiger partial charge in [-0.2, -0.15) is 17.5 Å². The van der Waals surface area contributed by atoms with E-state index in [1.807, 2.05) is 0 Å². The Morgan fingerprint density at radius 3 is 2.65 bits per heavy atom. The van der Waals surface area contributed by atoms with Crippen molar-refractivity contribution >= 4 is 15.9 Å². The number of rotatable bonds is 8. The number of piperazine rings is 1. The first kappa shape index (κ1) is 31.9. The molecule has 0 spiro atoms. The molecule has 2 N–H and O–H groups in total. The third kappa shape index (κ3) is 7.44. The molecule has 1 aromatic carbocycles. The molecule has 1 amide bonds. The Morgan fingerprint density at radius 1 is 1.14 bits per heavy atom. The molecule has 43 heavy (non-hydrogen) atoms. The summed E-state index contributed by atoms with van der Waals surface area (Å²) in [5.74, 6) is 0.000940. The average molecular weight is 621 g/mol. The van der Waals surface area contributed by atoms with Gasteiger partial charge in [0.05, 0.1) is 16.5 Å². The maximum absolute atomic E-state index is 13.5. The Kier molecular flexibility index (Phi) is 9.85. The largest absolute Gasteiger partial charge is 0.416 e. The molecule has 236 valence electrons. The molecule has 2 fully saturated rings. The third-order valence-corrected chi connectivity index (χ3v) is 11.2. The highest BCUT2D eigenvalue weighted by molar-refractivity contribution is 7.89. The Labute approximate surface area is 253 Å². The number of alkyl halides is 3. The minimum absolute atomic E-state index is 0.0706. The van der Waals surface area contributed by atoms with Gasteiger partial charge >= 0.3 is 6.18 Å². The first-order valence-corrected chi connectivity index (χ1v) is 16.9. The van der Waals surface area contributed by atoms with E-state index in [-0.39, 0.29) is 37.4 Å². The number of amides is 1. The fraction of sp³-hybridized carbons (Fsp3) is 0.594. The summed E-state index contributed by atoms with van der Waals surface area (Å²) in [4.78, 5) is 15.5. The van der Waals surface area contributed by atoms with Crippen LogP contribution in [0.3, 0.4) is 0 Å². The number of piperidine rings is 1. The van der Waals surface area contributed by atoms with Gasteiger partial charge in [0.2, 0.25) is 15.9 Å². The van der Waals surface area contributed by atoms with Crippen LogP contribution in [0.15, 0.2) is 64.1 Å². The number of carbonyl (C=O) groups is 1. The molecule has 0 saturated carbocycles. The highest BCUT2D eigenvalue weighted by atomic mass is 32.2. The van der Waals surface area contributed by atoms with Gasteiger partial charge in [0.25, 0.3) is 0 Å². The van der Waals surface area contributed by atoms with Crippen molar-refractivity contribution in [3.05, 3.63) is 64.8 Å². The van der Waals surface area contributed by atoms with Crippen molar-refractivity contribution in [3.8, 4) is 0 Å². The van der Waals surface area contributed by atoms with Crippen LogP contribution in [0.1, 0.15) is 63.9 Å². The molecular formula is C32H43F3N4O3S. The van der Waals surface area contributed by atoms with Crippen LogP contribution in [-0.2, 0) is 21.0 Å². The van der Waals surface area contributed by atoms with E-state index >= 15 is 0 Å². The molecule has 0 aromatic heterocycles. The molecule has 2 aliphatic heterocycles. The van der Waals surface area contributed by atoms with Gasteiger partial charge < -0.3 is 10.6 Å². The zero-order chi connectivity index (χ0) is 30.8. The summed E-state index contributed by atoms with van der Waals surface area (Å²) in [7, 11) is -4.24. The lowest BCUT2D eigenvalue weighted by atomic mass is 9.73. The average Bonchev–Trinajstić information content (AvgIpc) is 2.97. The number of benzene rings is 1. The zero-order valence-corrected chi connectivity index (χ0v) is 25.7. The molecule has 7 nitrogen and oxygen atoms in total. The van der Waals surface area contributed by atoms with E-state index < -0.39 is 32.7 Å². The number of allylic oxidation sites excluding steroid dienone is 2. The van der Waals surface area contributed by atoms with Crippen LogP contribution in [0.4, 0.5) is 13.2 Å². The van der Waals surface area contributed by atoms with E-state index in [0.29, 0.717) is 12.6 Å². The summed E-state index contributed by atoms with van der Waals surface area (Å²) in [5.41, 5.74) is 3.99. The van der Waals surface area contributed by atoms with Crippen molar-refractivity contribution in [2.24, 2.45) is 5.92 Å². The highest BCUT2D eigenvalue weighted by Crippen LogP contribution is 2.40. The number of halogens is 3. The molecule has 5 rings (SSSR count). The lowest BCUT2D eigenvalue weighted by molar-refractivity contribution is -0.137. The van der Waals surface area contributed by atoms with Crippen molar-refractivity contribution in [3.63, 3.8) is 0 Å². The number of carbonyl (C=O) groups excluding carboxylic acids is 1. The SMILES string of the molecule is C=C(CN1CCCCC1)C1=CC2=C(C(C)C1)C(NC(=O)CC1CNCCN1S(=O)(=O)c1cccc(C(F)(F)F)c1)CCC2. The minimum Gasteiger partial charge on any atom is -0.350 e. The van der Waals surface area contributed by atoms with E-state index in [1.165, 1.54) is 51.9 Å². The molecule has 4 aliphatic rings. The molecule has 0 bridgehead atoms. The molecule has 2 aliphatic carbocycles. The lowest BCUT2D eigenvalue weighted by Gasteiger charge is -2.38. The maximum Gasteiger partial charge on any atom is 0.416 e. The van der Waals surface area contributed by atoms with Gasteiger partial charge in [0.1, 0.15) is 0 Å². The van der Waals surface area contributed by atoms with E-state index in [1.54, 1.807) is 0 Å². The summed E-state index contributed by atoms with van der Waals surface area (Å²) in [6.07, 6.45) is 4.94. The Morgan fingerprint density at radius 2 is 1.91 bits per heavy atom. The predicted octanol–water partition coefficient (Wildman–Crippen LogP) is 5.03. The van der Waals surface area contributed by atoms with E-state index in [2.05, 4.69) is 35.1 Å². The fourth-order valence-electron chi connectivity index (χ4n) is 7.10. The number of hydrogen-bond acceptors (Lipinski definition) is 5. The summed E-state index contributed by atoms with van der Waals surface area (Å²) >= 11 is 0. The van der Waals surface area contributed by atoms with Crippen LogP contribution >= 0.6 is 0 Å². The number of nitrogens with zero attached hydrogens (tertiary/aromatic N) is 2. The smallest absolute Gasteiger partial charge is 0.350 e. The standard InChI is InChI=1S/C32H43F3N4O3S/c1-22-16-25(23(2)21-38-13-4-3-5-14-38)17-24-8-6-11-29(31(22)24)37-30(40)19-27-20-36-12-15-39(27)43(41,42)28-10-7-9-26(18-28)32(33,34)35/h7,9-10,17-18,22,27,29,36H,2-6,8,11-16,19-21H2,1H3,(H,37,40). The number of hydrogen-bond donors (Lipinski definition) is 2. The highest BCUT2D eigenvalue weighted by Gasteiger charge is 2.38. The lowest BCUT2D eigenvalue weighted by Crippen LogP contribution is -2.55.